The predicted molar refractivity (Wildman–Crippen MR) is 96.8 cm³/mol. The molecule has 0 aromatic heterocycles. The number of carbonyl (C=O) groups is 1. The van der Waals surface area contributed by atoms with Gasteiger partial charge in [0.15, 0.2) is 0 Å². The lowest BCUT2D eigenvalue weighted by molar-refractivity contribution is -0.117. The van der Waals surface area contributed by atoms with Gasteiger partial charge in [-0.25, -0.2) is 0 Å². The average Bonchev–Trinajstić information content (AvgIpc) is 3.37. The molecule has 1 aromatic carbocycles. The van der Waals surface area contributed by atoms with Crippen molar-refractivity contribution in [2.45, 2.75) is 45.6 Å². The van der Waals surface area contributed by atoms with Crippen molar-refractivity contribution in [2.24, 2.45) is 17.8 Å². The molecule has 3 rings (SSSR count). The fourth-order valence-electron chi connectivity index (χ4n) is 3.82. The van der Waals surface area contributed by atoms with Gasteiger partial charge in [0.25, 0.3) is 0 Å². The van der Waals surface area contributed by atoms with Gasteiger partial charge in [-0.1, -0.05) is 26.0 Å². The van der Waals surface area contributed by atoms with Gasteiger partial charge >= 0.3 is 0 Å². The van der Waals surface area contributed by atoms with Gasteiger partial charge in [-0.3, -0.25) is 4.79 Å². The van der Waals surface area contributed by atoms with Crippen LogP contribution < -0.4 is 5.32 Å². The summed E-state index contributed by atoms with van der Waals surface area (Å²) in [7, 11) is 0. The van der Waals surface area contributed by atoms with E-state index in [9.17, 15) is 9.90 Å². The van der Waals surface area contributed by atoms with Crippen LogP contribution in [-0.2, 0) is 4.79 Å². The Morgan fingerprint density at radius 3 is 2.42 bits per heavy atom. The molecule has 1 saturated heterocycles. The molecule has 1 aliphatic carbocycles. The summed E-state index contributed by atoms with van der Waals surface area (Å²) < 4.78 is 0. The van der Waals surface area contributed by atoms with Gasteiger partial charge in [0.2, 0.25) is 5.91 Å². The molecule has 2 aliphatic rings. The normalized spacial score (nSPS) is 26.1. The molecule has 4 nitrogen and oxygen atoms in total. The highest BCUT2D eigenvalue weighted by atomic mass is 16.3. The molecule has 3 atom stereocenters. The van der Waals surface area contributed by atoms with Crippen molar-refractivity contribution in [3.05, 3.63) is 29.8 Å². The number of aliphatic hydroxyl groups excluding tert-OH is 1. The molecule has 1 aromatic rings. The molecule has 0 bridgehead atoms. The number of amides is 1. The van der Waals surface area contributed by atoms with Crippen molar-refractivity contribution in [2.75, 3.05) is 25.0 Å². The van der Waals surface area contributed by atoms with Crippen LogP contribution in [0.4, 0.5) is 5.69 Å². The first-order valence-electron chi connectivity index (χ1n) is 9.32. The molecular weight excluding hydrogens is 300 g/mol. The van der Waals surface area contributed by atoms with Gasteiger partial charge in [-0.15, -0.1) is 0 Å². The molecule has 4 heteroatoms. The largest absolute Gasteiger partial charge is 0.388 e. The second-order valence-corrected chi connectivity index (χ2v) is 7.90. The molecule has 132 valence electrons. The summed E-state index contributed by atoms with van der Waals surface area (Å²) in [5, 5.41) is 13.4. The zero-order valence-corrected chi connectivity index (χ0v) is 14.9. The Hall–Kier alpha value is -1.39. The topological polar surface area (TPSA) is 52.6 Å². The number of aliphatic hydroxyl groups is 1. The Labute approximate surface area is 145 Å². The predicted octanol–water partition coefficient (Wildman–Crippen LogP) is 3.44. The third kappa shape index (κ3) is 4.81. The Morgan fingerprint density at radius 2 is 1.83 bits per heavy atom. The van der Waals surface area contributed by atoms with Crippen LogP contribution in [0.3, 0.4) is 0 Å². The monoisotopic (exact) mass is 330 g/mol. The smallest absolute Gasteiger partial charge is 0.227 e. The second-order valence-electron chi connectivity index (χ2n) is 7.90. The maximum atomic E-state index is 11.8. The average molecular weight is 330 g/mol. The molecule has 1 saturated carbocycles. The van der Waals surface area contributed by atoms with Gasteiger partial charge in [-0.05, 0) is 55.2 Å². The SMILES string of the molecule is CC1CC(C)CN(CCC(O)c2ccc(NC(=O)C3CC3)cc2)C1. The number of piperidine rings is 1. The lowest BCUT2D eigenvalue weighted by Crippen LogP contribution is -2.39. The van der Waals surface area contributed by atoms with Gasteiger partial charge < -0.3 is 15.3 Å². The van der Waals surface area contributed by atoms with Crippen LogP contribution in [-0.4, -0.2) is 35.5 Å². The fourth-order valence-corrected chi connectivity index (χ4v) is 3.82. The van der Waals surface area contributed by atoms with E-state index in [1.165, 1.54) is 6.42 Å². The molecule has 0 spiro atoms. The minimum absolute atomic E-state index is 0.122. The highest BCUT2D eigenvalue weighted by Gasteiger charge is 2.29. The van der Waals surface area contributed by atoms with Crippen LogP contribution >= 0.6 is 0 Å². The molecule has 2 fully saturated rings. The lowest BCUT2D eigenvalue weighted by atomic mass is 9.91. The van der Waals surface area contributed by atoms with E-state index < -0.39 is 6.10 Å². The van der Waals surface area contributed by atoms with Crippen molar-refractivity contribution >= 4 is 11.6 Å². The van der Waals surface area contributed by atoms with E-state index in [1.807, 2.05) is 24.3 Å². The van der Waals surface area contributed by atoms with E-state index in [2.05, 4.69) is 24.1 Å². The number of nitrogens with zero attached hydrogens (tertiary/aromatic N) is 1. The summed E-state index contributed by atoms with van der Waals surface area (Å²) >= 11 is 0. The zero-order valence-electron chi connectivity index (χ0n) is 14.9. The standard InChI is InChI=1S/C20H30N2O2/c1-14-11-15(2)13-22(12-14)10-9-19(23)16-5-7-18(8-6-16)21-20(24)17-3-4-17/h5-8,14-15,17,19,23H,3-4,9-13H2,1-2H3,(H,21,24). The number of carbonyl (C=O) groups excluding carboxylic acids is 1. The van der Waals surface area contributed by atoms with E-state index >= 15 is 0 Å². The van der Waals surface area contributed by atoms with Crippen LogP contribution in [0, 0.1) is 17.8 Å². The van der Waals surface area contributed by atoms with E-state index in [0.717, 1.165) is 62.0 Å². The maximum absolute atomic E-state index is 11.8. The Morgan fingerprint density at radius 1 is 1.21 bits per heavy atom. The minimum Gasteiger partial charge on any atom is -0.388 e. The Bertz CT molecular complexity index is 543. The molecule has 2 N–H and O–H groups in total. The van der Waals surface area contributed by atoms with Crippen molar-refractivity contribution in [3.63, 3.8) is 0 Å². The minimum atomic E-state index is -0.439. The Kier molecular flexibility index (Phi) is 5.57. The molecule has 3 unspecified atom stereocenters. The summed E-state index contributed by atoms with van der Waals surface area (Å²) in [5.74, 6) is 1.83. The first-order chi connectivity index (χ1) is 11.5. The molecule has 1 amide bonds. The van der Waals surface area contributed by atoms with E-state index in [-0.39, 0.29) is 11.8 Å². The molecular formula is C20H30N2O2. The summed E-state index contributed by atoms with van der Waals surface area (Å²) in [6.45, 7) is 7.85. The van der Waals surface area contributed by atoms with Crippen LogP contribution in [0.5, 0.6) is 0 Å². The number of anilines is 1. The highest BCUT2D eigenvalue weighted by molar-refractivity contribution is 5.93. The van der Waals surface area contributed by atoms with Crippen molar-refractivity contribution in [1.29, 1.82) is 0 Å². The van der Waals surface area contributed by atoms with Crippen LogP contribution in [0.1, 0.15) is 51.2 Å². The summed E-state index contributed by atoms with van der Waals surface area (Å²) in [5.41, 5.74) is 1.75. The molecule has 1 heterocycles. The molecule has 24 heavy (non-hydrogen) atoms. The van der Waals surface area contributed by atoms with Crippen molar-refractivity contribution in [3.8, 4) is 0 Å². The van der Waals surface area contributed by atoms with Crippen LogP contribution in [0.15, 0.2) is 24.3 Å². The number of benzene rings is 1. The summed E-state index contributed by atoms with van der Waals surface area (Å²) in [6, 6.07) is 7.64. The number of hydrogen-bond donors (Lipinski definition) is 2. The van der Waals surface area contributed by atoms with Crippen LogP contribution in [0.2, 0.25) is 0 Å². The van der Waals surface area contributed by atoms with E-state index in [0.29, 0.717) is 0 Å². The zero-order chi connectivity index (χ0) is 17.1. The first-order valence-corrected chi connectivity index (χ1v) is 9.32. The van der Waals surface area contributed by atoms with Gasteiger partial charge in [0.1, 0.15) is 0 Å². The van der Waals surface area contributed by atoms with Crippen LogP contribution in [0.25, 0.3) is 0 Å². The number of rotatable bonds is 6. The summed E-state index contributed by atoms with van der Waals surface area (Å²) in [6.07, 6.45) is 3.65. The quantitative estimate of drug-likeness (QED) is 0.840. The number of nitrogens with one attached hydrogen (secondary N) is 1. The first kappa shape index (κ1) is 17.4. The third-order valence-corrected chi connectivity index (χ3v) is 5.17. The molecule has 1 aliphatic heterocycles. The highest BCUT2D eigenvalue weighted by Crippen LogP contribution is 2.30. The van der Waals surface area contributed by atoms with Gasteiger partial charge in [0.05, 0.1) is 6.10 Å². The van der Waals surface area contributed by atoms with Gasteiger partial charge in [-0.2, -0.15) is 0 Å². The van der Waals surface area contributed by atoms with E-state index in [4.69, 9.17) is 0 Å². The van der Waals surface area contributed by atoms with Gasteiger partial charge in [0, 0.05) is 31.2 Å². The second kappa shape index (κ2) is 7.66. The number of likely N-dealkylation sites (tertiary alicyclic amines) is 1. The lowest BCUT2D eigenvalue weighted by Gasteiger charge is -2.35. The summed E-state index contributed by atoms with van der Waals surface area (Å²) in [4.78, 5) is 14.2. The Balaban J connectivity index is 1.47. The molecule has 0 radical (unpaired) electrons. The number of hydrogen-bond acceptors (Lipinski definition) is 3. The van der Waals surface area contributed by atoms with Crippen molar-refractivity contribution < 1.29 is 9.90 Å². The third-order valence-electron chi connectivity index (χ3n) is 5.17. The van der Waals surface area contributed by atoms with Crippen molar-refractivity contribution in [1.82, 2.24) is 4.90 Å². The van der Waals surface area contributed by atoms with E-state index in [1.54, 1.807) is 0 Å². The fraction of sp³-hybridized carbons (Fsp3) is 0.650. The maximum Gasteiger partial charge on any atom is 0.227 e.